The number of hydrogen-bond acceptors (Lipinski definition) is 4. The van der Waals surface area contributed by atoms with Crippen molar-refractivity contribution in [2.75, 3.05) is 5.32 Å². The predicted molar refractivity (Wildman–Crippen MR) is 103 cm³/mol. The minimum Gasteiger partial charge on any atom is -0.457 e. The fourth-order valence-electron chi connectivity index (χ4n) is 2.52. The quantitative estimate of drug-likeness (QED) is 0.487. The molecular formula is C21H18N2O4. The van der Waals surface area contributed by atoms with Crippen molar-refractivity contribution in [3.63, 3.8) is 0 Å². The van der Waals surface area contributed by atoms with Crippen LogP contribution >= 0.6 is 0 Å². The highest BCUT2D eigenvalue weighted by Crippen LogP contribution is 2.24. The molecule has 6 heteroatoms. The molecule has 0 aliphatic rings. The standard InChI is InChI=1S/C21H18N2O4/c1-15(16-7-11-18(12-8-16)23(25)26)21(24)22-17-9-13-20(14-10-17)27-19-5-3-2-4-6-19/h2-15H,1H3,(H,22,24)/t15-/m1/s1. The van der Waals surface area contributed by atoms with Gasteiger partial charge in [-0.15, -0.1) is 0 Å². The SMILES string of the molecule is C[C@@H](C(=O)Nc1ccc(Oc2ccccc2)cc1)c1ccc([N+](=O)[O-])cc1. The lowest BCUT2D eigenvalue weighted by atomic mass is 10.00. The molecule has 1 N–H and O–H groups in total. The van der Waals surface area contributed by atoms with Crippen LogP contribution in [-0.4, -0.2) is 10.8 Å². The average molecular weight is 362 g/mol. The Kier molecular flexibility index (Phi) is 5.47. The van der Waals surface area contributed by atoms with Gasteiger partial charge in [0.15, 0.2) is 0 Å². The van der Waals surface area contributed by atoms with E-state index < -0.39 is 10.8 Å². The summed E-state index contributed by atoms with van der Waals surface area (Å²) in [7, 11) is 0. The van der Waals surface area contributed by atoms with Crippen LogP contribution in [-0.2, 0) is 4.79 Å². The zero-order valence-electron chi connectivity index (χ0n) is 14.7. The number of amides is 1. The van der Waals surface area contributed by atoms with Crippen molar-refractivity contribution in [1.29, 1.82) is 0 Å². The Hall–Kier alpha value is -3.67. The number of nitro benzene ring substituents is 1. The number of benzene rings is 3. The van der Waals surface area contributed by atoms with E-state index in [1.54, 1.807) is 43.3 Å². The van der Waals surface area contributed by atoms with Gasteiger partial charge < -0.3 is 10.1 Å². The number of hydrogen-bond donors (Lipinski definition) is 1. The molecule has 0 radical (unpaired) electrons. The van der Waals surface area contributed by atoms with Crippen LogP contribution in [0.4, 0.5) is 11.4 Å². The summed E-state index contributed by atoms with van der Waals surface area (Å²) in [4.78, 5) is 22.7. The molecule has 0 fully saturated rings. The molecule has 1 atom stereocenters. The van der Waals surface area contributed by atoms with E-state index in [0.717, 1.165) is 5.75 Å². The second-order valence-electron chi connectivity index (χ2n) is 6.00. The zero-order chi connectivity index (χ0) is 19.2. The molecular weight excluding hydrogens is 344 g/mol. The van der Waals surface area contributed by atoms with Crippen molar-refractivity contribution < 1.29 is 14.5 Å². The van der Waals surface area contributed by atoms with Crippen LogP contribution in [0.5, 0.6) is 11.5 Å². The highest BCUT2D eigenvalue weighted by atomic mass is 16.6. The van der Waals surface area contributed by atoms with Crippen molar-refractivity contribution in [2.24, 2.45) is 0 Å². The van der Waals surface area contributed by atoms with Crippen LogP contribution in [0.2, 0.25) is 0 Å². The van der Waals surface area contributed by atoms with Crippen LogP contribution in [0.15, 0.2) is 78.9 Å². The minimum atomic E-state index is -0.465. The Labute approximate surface area is 156 Å². The fraction of sp³-hybridized carbons (Fsp3) is 0.0952. The first-order chi connectivity index (χ1) is 13.0. The van der Waals surface area contributed by atoms with Gasteiger partial charge in [-0.25, -0.2) is 0 Å². The first-order valence-corrected chi connectivity index (χ1v) is 8.41. The lowest BCUT2D eigenvalue weighted by molar-refractivity contribution is -0.384. The number of anilines is 1. The predicted octanol–water partition coefficient (Wildman–Crippen LogP) is 5.13. The summed E-state index contributed by atoms with van der Waals surface area (Å²) in [6.45, 7) is 1.75. The number of rotatable bonds is 6. The lowest BCUT2D eigenvalue weighted by Gasteiger charge is -2.13. The van der Waals surface area contributed by atoms with Gasteiger partial charge in [-0.3, -0.25) is 14.9 Å². The molecule has 27 heavy (non-hydrogen) atoms. The Bertz CT molecular complexity index is 923. The molecule has 0 saturated heterocycles. The van der Waals surface area contributed by atoms with E-state index in [1.807, 2.05) is 30.3 Å². The molecule has 0 unspecified atom stereocenters. The summed E-state index contributed by atoms with van der Waals surface area (Å²) in [5.74, 6) is 0.773. The molecule has 0 aliphatic carbocycles. The van der Waals surface area contributed by atoms with E-state index in [2.05, 4.69) is 5.32 Å². The second kappa shape index (κ2) is 8.14. The Balaban J connectivity index is 1.62. The third-order valence-electron chi connectivity index (χ3n) is 4.10. The monoisotopic (exact) mass is 362 g/mol. The molecule has 1 amide bonds. The van der Waals surface area contributed by atoms with Crippen LogP contribution in [0.25, 0.3) is 0 Å². The number of non-ortho nitro benzene ring substituents is 1. The molecule has 136 valence electrons. The van der Waals surface area contributed by atoms with Crippen LogP contribution < -0.4 is 10.1 Å². The lowest BCUT2D eigenvalue weighted by Crippen LogP contribution is -2.18. The van der Waals surface area contributed by atoms with Crippen molar-refractivity contribution in [3.05, 3.63) is 94.5 Å². The van der Waals surface area contributed by atoms with Gasteiger partial charge in [0.2, 0.25) is 5.91 Å². The van der Waals surface area contributed by atoms with Gasteiger partial charge in [-0.2, -0.15) is 0 Å². The first kappa shape index (κ1) is 18.1. The van der Waals surface area contributed by atoms with Gasteiger partial charge in [0.1, 0.15) is 11.5 Å². The van der Waals surface area contributed by atoms with E-state index in [4.69, 9.17) is 4.74 Å². The van der Waals surface area contributed by atoms with E-state index in [0.29, 0.717) is 17.0 Å². The summed E-state index contributed by atoms with van der Waals surface area (Å²) in [5, 5.41) is 13.6. The Morgan fingerprint density at radius 3 is 2.11 bits per heavy atom. The number of para-hydroxylation sites is 1. The third kappa shape index (κ3) is 4.70. The topological polar surface area (TPSA) is 81.5 Å². The van der Waals surface area contributed by atoms with Gasteiger partial charge in [-0.1, -0.05) is 30.3 Å². The maximum Gasteiger partial charge on any atom is 0.269 e. The van der Waals surface area contributed by atoms with Gasteiger partial charge in [0, 0.05) is 17.8 Å². The Morgan fingerprint density at radius 1 is 0.926 bits per heavy atom. The maximum absolute atomic E-state index is 12.4. The molecule has 6 nitrogen and oxygen atoms in total. The smallest absolute Gasteiger partial charge is 0.269 e. The summed E-state index contributed by atoms with van der Waals surface area (Å²) >= 11 is 0. The fourth-order valence-corrected chi connectivity index (χ4v) is 2.52. The van der Waals surface area contributed by atoms with Crippen LogP contribution in [0.3, 0.4) is 0 Å². The van der Waals surface area contributed by atoms with Crippen molar-refractivity contribution >= 4 is 17.3 Å². The molecule has 0 aromatic heterocycles. The number of carbonyl (C=O) groups excluding carboxylic acids is 1. The van der Waals surface area contributed by atoms with E-state index in [1.165, 1.54) is 12.1 Å². The molecule has 0 saturated carbocycles. The van der Waals surface area contributed by atoms with Crippen molar-refractivity contribution in [2.45, 2.75) is 12.8 Å². The Morgan fingerprint density at radius 2 is 1.52 bits per heavy atom. The number of carbonyl (C=O) groups is 1. The molecule has 3 rings (SSSR count). The molecule has 3 aromatic rings. The van der Waals surface area contributed by atoms with Crippen LogP contribution in [0, 0.1) is 10.1 Å². The number of nitrogens with zero attached hydrogens (tertiary/aromatic N) is 1. The summed E-state index contributed by atoms with van der Waals surface area (Å²) in [6, 6.07) is 22.5. The van der Waals surface area contributed by atoms with Gasteiger partial charge in [-0.05, 0) is 48.9 Å². The molecule has 3 aromatic carbocycles. The van der Waals surface area contributed by atoms with Gasteiger partial charge >= 0.3 is 0 Å². The van der Waals surface area contributed by atoms with Gasteiger partial charge in [0.05, 0.1) is 10.8 Å². The number of ether oxygens (including phenoxy) is 1. The second-order valence-corrected chi connectivity index (χ2v) is 6.00. The van der Waals surface area contributed by atoms with E-state index in [-0.39, 0.29) is 11.6 Å². The third-order valence-corrected chi connectivity index (χ3v) is 4.10. The first-order valence-electron chi connectivity index (χ1n) is 8.41. The highest BCUT2D eigenvalue weighted by molar-refractivity contribution is 5.95. The van der Waals surface area contributed by atoms with Crippen molar-refractivity contribution in [3.8, 4) is 11.5 Å². The average Bonchev–Trinajstić information content (AvgIpc) is 2.69. The van der Waals surface area contributed by atoms with E-state index >= 15 is 0 Å². The molecule has 0 bridgehead atoms. The molecule has 0 heterocycles. The number of nitro groups is 1. The minimum absolute atomic E-state index is 0.000336. The number of nitrogens with one attached hydrogen (secondary N) is 1. The normalized spacial score (nSPS) is 11.4. The maximum atomic E-state index is 12.4. The largest absolute Gasteiger partial charge is 0.457 e. The molecule has 0 aliphatic heterocycles. The molecule has 0 spiro atoms. The van der Waals surface area contributed by atoms with Crippen molar-refractivity contribution in [1.82, 2.24) is 0 Å². The van der Waals surface area contributed by atoms with Gasteiger partial charge in [0.25, 0.3) is 5.69 Å². The zero-order valence-corrected chi connectivity index (χ0v) is 14.7. The van der Waals surface area contributed by atoms with Crippen LogP contribution in [0.1, 0.15) is 18.4 Å². The highest BCUT2D eigenvalue weighted by Gasteiger charge is 2.16. The summed E-state index contributed by atoms with van der Waals surface area (Å²) in [5.41, 5.74) is 1.36. The van der Waals surface area contributed by atoms with E-state index in [9.17, 15) is 14.9 Å². The summed E-state index contributed by atoms with van der Waals surface area (Å²) in [6.07, 6.45) is 0. The summed E-state index contributed by atoms with van der Waals surface area (Å²) < 4.78 is 5.72.